The molecule has 2 saturated heterocycles. The third-order valence-electron chi connectivity index (χ3n) is 8.73. The van der Waals surface area contributed by atoms with Crippen molar-refractivity contribution in [1.29, 1.82) is 0 Å². The van der Waals surface area contributed by atoms with Gasteiger partial charge in [-0.1, -0.05) is 56.0 Å². The molecular weight excluding hydrogens is 420 g/mol. The lowest BCUT2D eigenvalue weighted by Crippen LogP contribution is -2.70. The molecule has 0 amide bonds. The highest BCUT2D eigenvalue weighted by molar-refractivity contribution is 6.04. The van der Waals surface area contributed by atoms with Crippen molar-refractivity contribution < 1.29 is 29.2 Å². The summed E-state index contributed by atoms with van der Waals surface area (Å²) >= 11 is 0. The minimum atomic E-state index is -1.68. The third-order valence-corrected chi connectivity index (χ3v) is 8.73. The van der Waals surface area contributed by atoms with Gasteiger partial charge in [0, 0.05) is 23.8 Å². The van der Waals surface area contributed by atoms with Gasteiger partial charge < -0.3 is 24.4 Å². The van der Waals surface area contributed by atoms with Crippen LogP contribution < -0.4 is 0 Å². The van der Waals surface area contributed by atoms with Crippen molar-refractivity contribution in [2.75, 3.05) is 6.61 Å². The van der Waals surface area contributed by atoms with Gasteiger partial charge in [-0.05, 0) is 42.9 Å². The number of hydrogen-bond acceptors (Lipinski definition) is 6. The summed E-state index contributed by atoms with van der Waals surface area (Å²) in [4.78, 5) is 13.3. The van der Waals surface area contributed by atoms with Gasteiger partial charge >= 0.3 is 5.97 Å². The Balaban J connectivity index is 1.65. The summed E-state index contributed by atoms with van der Waals surface area (Å²) in [6.45, 7) is 9.82. The molecule has 6 heteroatoms. The van der Waals surface area contributed by atoms with Gasteiger partial charge in [0.2, 0.25) is 0 Å². The molecule has 0 aromatic heterocycles. The number of ketones is 1. The van der Waals surface area contributed by atoms with E-state index in [0.29, 0.717) is 17.6 Å². The van der Waals surface area contributed by atoms with Crippen LogP contribution in [-0.2, 0) is 25.0 Å². The monoisotopic (exact) mass is 450 g/mol. The molecule has 1 aromatic carbocycles. The topological polar surface area (TPSA) is 85.2 Å². The van der Waals surface area contributed by atoms with E-state index in [-0.39, 0.29) is 30.6 Å². The van der Waals surface area contributed by atoms with Gasteiger partial charge in [-0.15, -0.1) is 0 Å². The van der Waals surface area contributed by atoms with Crippen molar-refractivity contribution >= 4 is 5.78 Å². The van der Waals surface area contributed by atoms with Crippen LogP contribution in [-0.4, -0.2) is 45.5 Å². The number of carbonyl (C=O) groups is 1. The summed E-state index contributed by atoms with van der Waals surface area (Å²) in [7, 11) is 0. The smallest absolute Gasteiger partial charge is 0.313 e. The predicted octanol–water partition coefficient (Wildman–Crippen LogP) is 3.15. The summed E-state index contributed by atoms with van der Waals surface area (Å²) in [5.74, 6) is -2.81. The predicted molar refractivity (Wildman–Crippen MR) is 120 cm³/mol. The fraction of sp³-hybridized carbons (Fsp3) is 0.519. The summed E-state index contributed by atoms with van der Waals surface area (Å²) in [5.41, 5.74) is -0.718. The van der Waals surface area contributed by atoms with E-state index in [2.05, 4.69) is 13.5 Å². The van der Waals surface area contributed by atoms with E-state index in [1.807, 2.05) is 49.4 Å². The lowest BCUT2D eigenvalue weighted by molar-refractivity contribution is -0.433. The molecule has 0 spiro atoms. The molecular formula is C27H30O6. The fourth-order valence-electron chi connectivity index (χ4n) is 7.27. The van der Waals surface area contributed by atoms with Crippen LogP contribution in [0.1, 0.15) is 39.2 Å². The Hall–Kier alpha value is -2.09. The average molecular weight is 451 g/mol. The number of carbonyl (C=O) groups excluding carboxylic acids is 1. The Labute approximate surface area is 193 Å². The second-order valence-corrected chi connectivity index (χ2v) is 10.6. The van der Waals surface area contributed by atoms with Crippen LogP contribution in [0, 0.1) is 17.8 Å². The van der Waals surface area contributed by atoms with Gasteiger partial charge in [0.15, 0.2) is 5.78 Å². The average Bonchev–Trinajstić information content (AvgIpc) is 3.11. The first-order valence-corrected chi connectivity index (χ1v) is 11.7. The Morgan fingerprint density at radius 1 is 1.21 bits per heavy atom. The molecule has 2 N–H and O–H groups in total. The van der Waals surface area contributed by atoms with Gasteiger partial charge in [-0.25, -0.2) is 0 Å². The molecule has 0 radical (unpaired) electrons. The van der Waals surface area contributed by atoms with Crippen LogP contribution in [0.2, 0.25) is 0 Å². The number of fused-ring (bicyclic) bond motifs is 2. The van der Waals surface area contributed by atoms with Crippen LogP contribution in [0.15, 0.2) is 65.8 Å². The second-order valence-electron chi connectivity index (χ2n) is 10.6. The molecule has 2 heterocycles. The highest BCUT2D eigenvalue weighted by atomic mass is 16.9. The zero-order chi connectivity index (χ0) is 23.4. The van der Waals surface area contributed by atoms with E-state index in [1.54, 1.807) is 6.92 Å². The van der Waals surface area contributed by atoms with Crippen LogP contribution in [0.5, 0.6) is 0 Å². The quantitative estimate of drug-likeness (QED) is 0.689. The molecule has 5 aliphatic rings. The highest BCUT2D eigenvalue weighted by Crippen LogP contribution is 2.69. The summed E-state index contributed by atoms with van der Waals surface area (Å²) < 4.78 is 20.4. The van der Waals surface area contributed by atoms with Crippen molar-refractivity contribution in [3.63, 3.8) is 0 Å². The van der Waals surface area contributed by atoms with Crippen LogP contribution >= 0.6 is 0 Å². The fourth-order valence-corrected chi connectivity index (χ4v) is 7.27. The molecule has 3 fully saturated rings. The standard InChI is InChI=1S/C27H30O6/c1-15(2)25-12-17(4)26-20(11-18(14-28)13-24(30)21(26)10-16(3)22(24)29)23(25)31-27(32-25,33-26)19-8-6-5-7-9-19/h5-11,17,20-21,23,28,30H,1,12-14H2,2-4H3/t17-,20?,21-,23-,24-,25-,26-,27?/m1/s1. The van der Waals surface area contributed by atoms with E-state index >= 15 is 0 Å². The minimum absolute atomic E-state index is 0.0706. The Morgan fingerprint density at radius 3 is 2.61 bits per heavy atom. The van der Waals surface area contributed by atoms with E-state index in [9.17, 15) is 15.0 Å². The molecule has 1 saturated carbocycles. The molecule has 3 aliphatic carbocycles. The van der Waals surface area contributed by atoms with Crippen molar-refractivity contribution in [3.05, 3.63) is 71.3 Å². The van der Waals surface area contributed by atoms with Crippen LogP contribution in [0.3, 0.4) is 0 Å². The first-order valence-electron chi connectivity index (χ1n) is 11.7. The molecule has 2 unspecified atom stereocenters. The Kier molecular flexibility index (Phi) is 4.24. The first-order chi connectivity index (χ1) is 15.6. The molecule has 33 heavy (non-hydrogen) atoms. The molecule has 8 atom stereocenters. The highest BCUT2D eigenvalue weighted by Gasteiger charge is 2.79. The molecule has 1 aromatic rings. The lowest BCUT2D eigenvalue weighted by atomic mass is 9.55. The van der Waals surface area contributed by atoms with Crippen molar-refractivity contribution in [1.82, 2.24) is 0 Å². The van der Waals surface area contributed by atoms with Crippen molar-refractivity contribution in [2.45, 2.75) is 62.5 Å². The number of Topliss-reactive ketones (excluding diaryl/α,β-unsaturated/α-hetero) is 1. The number of ether oxygens (including phenoxy) is 3. The van der Waals surface area contributed by atoms with Crippen LogP contribution in [0.25, 0.3) is 0 Å². The maximum absolute atomic E-state index is 13.3. The molecule has 2 aliphatic heterocycles. The van der Waals surface area contributed by atoms with Gasteiger partial charge in [0.25, 0.3) is 0 Å². The molecule has 3 bridgehead atoms. The van der Waals surface area contributed by atoms with Gasteiger partial charge in [0.1, 0.15) is 17.3 Å². The summed E-state index contributed by atoms with van der Waals surface area (Å²) in [6, 6.07) is 9.56. The normalized spacial score (nSPS) is 47.5. The molecule has 174 valence electrons. The van der Waals surface area contributed by atoms with E-state index in [4.69, 9.17) is 14.2 Å². The number of aliphatic hydroxyl groups excluding tert-OH is 1. The lowest BCUT2D eigenvalue weighted by Gasteiger charge is -2.59. The second kappa shape index (κ2) is 6.52. The summed E-state index contributed by atoms with van der Waals surface area (Å²) in [5, 5.41) is 22.0. The number of benzene rings is 1. The van der Waals surface area contributed by atoms with Gasteiger partial charge in [-0.3, -0.25) is 4.79 Å². The third kappa shape index (κ3) is 2.38. The van der Waals surface area contributed by atoms with Crippen molar-refractivity contribution in [3.8, 4) is 0 Å². The van der Waals surface area contributed by atoms with Crippen LogP contribution in [0.4, 0.5) is 0 Å². The maximum atomic E-state index is 13.3. The minimum Gasteiger partial charge on any atom is -0.392 e. The van der Waals surface area contributed by atoms with Gasteiger partial charge in [0.05, 0.1) is 12.2 Å². The zero-order valence-electron chi connectivity index (χ0n) is 19.2. The van der Waals surface area contributed by atoms with E-state index in [0.717, 1.165) is 11.1 Å². The largest absolute Gasteiger partial charge is 0.392 e. The number of hydrogen-bond donors (Lipinski definition) is 2. The maximum Gasteiger partial charge on any atom is 0.313 e. The van der Waals surface area contributed by atoms with Crippen molar-refractivity contribution in [2.24, 2.45) is 17.8 Å². The Bertz CT molecular complexity index is 1120. The van der Waals surface area contributed by atoms with Gasteiger partial charge in [-0.2, -0.15) is 0 Å². The summed E-state index contributed by atoms with van der Waals surface area (Å²) in [6.07, 6.45) is 4.06. The SMILES string of the molecule is C=C(C)[C@]12C[C@@H](C)[C@@]34OC(c5ccccc5)(O[C@@H]1C3C=C(CO)C[C@]1(O)C(=O)C(C)=C[C@@H]41)O2. The van der Waals surface area contributed by atoms with E-state index in [1.165, 1.54) is 0 Å². The number of aliphatic hydroxyl groups is 2. The molecule has 6 rings (SSSR count). The number of rotatable bonds is 3. The zero-order valence-corrected chi connectivity index (χ0v) is 19.2. The first kappa shape index (κ1) is 21.4. The molecule has 6 nitrogen and oxygen atoms in total. The Morgan fingerprint density at radius 2 is 1.94 bits per heavy atom. The van der Waals surface area contributed by atoms with E-state index < -0.39 is 34.8 Å².